The third-order valence-electron chi connectivity index (χ3n) is 5.57. The number of nitrogens with zero attached hydrogens (tertiary/aromatic N) is 1. The Balaban J connectivity index is 1.57. The number of hydrogen-bond acceptors (Lipinski definition) is 5. The number of benzene rings is 1. The zero-order valence-corrected chi connectivity index (χ0v) is 15.8. The van der Waals surface area contributed by atoms with E-state index in [2.05, 4.69) is 6.92 Å². The number of piperidine rings is 1. The minimum absolute atomic E-state index is 0.0549. The fraction of sp³-hybridized carbons (Fsp3) is 0.600. The molecule has 1 saturated heterocycles. The van der Waals surface area contributed by atoms with E-state index in [1.54, 1.807) is 0 Å². The summed E-state index contributed by atoms with van der Waals surface area (Å²) in [4.78, 5) is 26.1. The van der Waals surface area contributed by atoms with Gasteiger partial charge in [0.2, 0.25) is 0 Å². The molecule has 1 amide bonds. The second-order valence-corrected chi connectivity index (χ2v) is 8.59. The molecular formula is C20H25NO5. The number of ether oxygens (including phenoxy) is 3. The van der Waals surface area contributed by atoms with Crippen LogP contribution in [0.25, 0.3) is 0 Å². The van der Waals surface area contributed by atoms with Crippen LogP contribution in [-0.4, -0.2) is 41.8 Å². The number of esters is 1. The van der Waals surface area contributed by atoms with E-state index in [1.165, 1.54) is 0 Å². The molecule has 0 radical (unpaired) electrons. The van der Waals surface area contributed by atoms with Crippen molar-refractivity contribution in [3.63, 3.8) is 0 Å². The van der Waals surface area contributed by atoms with E-state index in [0.717, 1.165) is 29.7 Å². The Hall–Kier alpha value is -2.24. The Morgan fingerprint density at radius 2 is 2.08 bits per heavy atom. The van der Waals surface area contributed by atoms with Crippen molar-refractivity contribution in [2.24, 2.45) is 0 Å². The second kappa shape index (κ2) is 5.63. The molecule has 0 N–H and O–H groups in total. The third-order valence-corrected chi connectivity index (χ3v) is 5.57. The quantitative estimate of drug-likeness (QED) is 0.664. The highest BCUT2D eigenvalue weighted by Crippen LogP contribution is 2.50. The molecule has 3 heterocycles. The normalized spacial score (nSPS) is 27.0. The molecular weight excluding hydrogens is 334 g/mol. The average Bonchev–Trinajstić information content (AvgIpc) is 3.08. The first-order valence-electron chi connectivity index (χ1n) is 9.16. The lowest BCUT2D eigenvalue weighted by Gasteiger charge is -2.43. The van der Waals surface area contributed by atoms with Crippen LogP contribution < -0.4 is 4.74 Å². The van der Waals surface area contributed by atoms with Gasteiger partial charge in [0.25, 0.3) is 0 Å². The van der Waals surface area contributed by atoms with Gasteiger partial charge in [-0.3, -0.25) is 0 Å². The van der Waals surface area contributed by atoms with E-state index in [9.17, 15) is 9.59 Å². The number of cyclic esters (lactones) is 1. The molecule has 1 aromatic rings. The summed E-state index contributed by atoms with van der Waals surface area (Å²) >= 11 is 0. The highest BCUT2D eigenvalue weighted by atomic mass is 16.6. The molecule has 1 fully saturated rings. The van der Waals surface area contributed by atoms with E-state index in [-0.39, 0.29) is 30.1 Å². The van der Waals surface area contributed by atoms with Gasteiger partial charge in [0.15, 0.2) is 0 Å². The number of hydrogen-bond donors (Lipinski definition) is 0. The van der Waals surface area contributed by atoms with E-state index in [0.29, 0.717) is 18.7 Å². The van der Waals surface area contributed by atoms with Crippen LogP contribution in [0.1, 0.15) is 62.0 Å². The van der Waals surface area contributed by atoms with E-state index >= 15 is 0 Å². The fourth-order valence-electron chi connectivity index (χ4n) is 4.35. The summed E-state index contributed by atoms with van der Waals surface area (Å²) in [6, 6.07) is 3.91. The first kappa shape index (κ1) is 17.2. The number of fused-ring (bicyclic) bond motifs is 4. The summed E-state index contributed by atoms with van der Waals surface area (Å²) < 4.78 is 16.7. The van der Waals surface area contributed by atoms with Crippen molar-refractivity contribution < 1.29 is 23.8 Å². The van der Waals surface area contributed by atoms with Gasteiger partial charge in [0.1, 0.15) is 18.0 Å². The van der Waals surface area contributed by atoms with Gasteiger partial charge in [-0.2, -0.15) is 0 Å². The standard InChI is InChI=1S/C20H25NO5/c1-12-9-20(7-8-21(12)18(23)26-19(2,3)4)11-25-16-14-10-24-17(22)13(14)5-6-15(16)20/h5-6,12H,7-11H2,1-4H3. The molecule has 0 aliphatic carbocycles. The lowest BCUT2D eigenvalue weighted by molar-refractivity contribution is 0.00244. The lowest BCUT2D eigenvalue weighted by atomic mass is 9.71. The average molecular weight is 359 g/mol. The Morgan fingerprint density at radius 1 is 1.31 bits per heavy atom. The first-order chi connectivity index (χ1) is 12.2. The zero-order valence-electron chi connectivity index (χ0n) is 15.8. The van der Waals surface area contributed by atoms with Crippen LogP contribution in [0.5, 0.6) is 5.75 Å². The van der Waals surface area contributed by atoms with Crippen LogP contribution in [0.3, 0.4) is 0 Å². The van der Waals surface area contributed by atoms with Gasteiger partial charge in [0, 0.05) is 29.1 Å². The SMILES string of the molecule is CC1CC2(CCN1C(=O)OC(C)(C)C)COc1c2ccc2c1COC2=O. The maximum Gasteiger partial charge on any atom is 0.410 e. The van der Waals surface area contributed by atoms with Crippen LogP contribution >= 0.6 is 0 Å². The van der Waals surface area contributed by atoms with Crippen LogP contribution in [0.2, 0.25) is 0 Å². The number of carbonyl (C=O) groups excluding carboxylic acids is 2. The van der Waals surface area contributed by atoms with Gasteiger partial charge in [0.05, 0.1) is 12.2 Å². The molecule has 4 rings (SSSR count). The molecule has 140 valence electrons. The topological polar surface area (TPSA) is 65.1 Å². The van der Waals surface area contributed by atoms with E-state index < -0.39 is 5.60 Å². The zero-order chi connectivity index (χ0) is 18.7. The van der Waals surface area contributed by atoms with Gasteiger partial charge < -0.3 is 19.1 Å². The third kappa shape index (κ3) is 2.63. The van der Waals surface area contributed by atoms with Crippen molar-refractivity contribution in [2.45, 2.75) is 64.2 Å². The molecule has 0 saturated carbocycles. The smallest absolute Gasteiger partial charge is 0.410 e. The maximum absolute atomic E-state index is 12.5. The minimum atomic E-state index is -0.498. The van der Waals surface area contributed by atoms with Crippen LogP contribution in [0, 0.1) is 0 Å². The Bertz CT molecular complexity index is 781. The Labute approximate surface area is 153 Å². The van der Waals surface area contributed by atoms with Crippen molar-refractivity contribution in [2.75, 3.05) is 13.2 Å². The van der Waals surface area contributed by atoms with Gasteiger partial charge in [-0.1, -0.05) is 6.07 Å². The van der Waals surface area contributed by atoms with Crippen molar-refractivity contribution in [1.29, 1.82) is 0 Å². The maximum atomic E-state index is 12.5. The molecule has 3 aliphatic heterocycles. The highest BCUT2D eigenvalue weighted by Gasteiger charge is 2.48. The van der Waals surface area contributed by atoms with Gasteiger partial charge in [-0.05, 0) is 46.6 Å². The second-order valence-electron chi connectivity index (χ2n) is 8.59. The van der Waals surface area contributed by atoms with Crippen molar-refractivity contribution in [3.8, 4) is 5.75 Å². The molecule has 1 aromatic carbocycles. The minimum Gasteiger partial charge on any atom is -0.492 e. The summed E-state index contributed by atoms with van der Waals surface area (Å²) in [7, 11) is 0. The van der Waals surface area contributed by atoms with E-state index in [4.69, 9.17) is 14.2 Å². The van der Waals surface area contributed by atoms with Crippen LogP contribution in [0.4, 0.5) is 4.79 Å². The number of rotatable bonds is 0. The van der Waals surface area contributed by atoms with Gasteiger partial charge in [-0.15, -0.1) is 0 Å². The summed E-state index contributed by atoms with van der Waals surface area (Å²) in [6.07, 6.45) is 1.37. The summed E-state index contributed by atoms with van der Waals surface area (Å²) in [5.41, 5.74) is 2.01. The molecule has 26 heavy (non-hydrogen) atoms. The molecule has 0 bridgehead atoms. The molecule has 2 unspecified atom stereocenters. The Kier molecular flexibility index (Phi) is 3.72. The molecule has 6 nitrogen and oxygen atoms in total. The first-order valence-corrected chi connectivity index (χ1v) is 9.16. The van der Waals surface area contributed by atoms with Gasteiger partial charge in [-0.25, -0.2) is 9.59 Å². The monoisotopic (exact) mass is 359 g/mol. The largest absolute Gasteiger partial charge is 0.492 e. The van der Waals surface area contributed by atoms with Crippen molar-refractivity contribution in [3.05, 3.63) is 28.8 Å². The predicted octanol–water partition coefficient (Wildman–Crippen LogP) is 3.41. The predicted molar refractivity (Wildman–Crippen MR) is 94.4 cm³/mol. The van der Waals surface area contributed by atoms with E-state index in [1.807, 2.05) is 37.8 Å². The van der Waals surface area contributed by atoms with Crippen molar-refractivity contribution >= 4 is 12.1 Å². The number of amides is 1. The van der Waals surface area contributed by atoms with Crippen LogP contribution in [0.15, 0.2) is 12.1 Å². The molecule has 6 heteroatoms. The van der Waals surface area contributed by atoms with Gasteiger partial charge >= 0.3 is 12.1 Å². The van der Waals surface area contributed by atoms with Crippen molar-refractivity contribution in [1.82, 2.24) is 4.90 Å². The highest BCUT2D eigenvalue weighted by molar-refractivity contribution is 5.94. The lowest BCUT2D eigenvalue weighted by Crippen LogP contribution is -2.52. The Morgan fingerprint density at radius 3 is 2.77 bits per heavy atom. The molecule has 1 spiro atoms. The molecule has 2 atom stereocenters. The fourth-order valence-corrected chi connectivity index (χ4v) is 4.35. The number of likely N-dealkylation sites (tertiary alicyclic amines) is 1. The summed E-state index contributed by atoms with van der Waals surface area (Å²) in [5, 5.41) is 0. The summed E-state index contributed by atoms with van der Waals surface area (Å²) in [6.45, 7) is 9.20. The molecule has 3 aliphatic rings. The van der Waals surface area contributed by atoms with Crippen LogP contribution in [-0.2, 0) is 21.5 Å². The summed E-state index contributed by atoms with van der Waals surface area (Å²) in [5.74, 6) is 0.534. The number of carbonyl (C=O) groups is 2. The molecule has 0 aromatic heterocycles.